The average molecular weight is 248 g/mol. The lowest BCUT2D eigenvalue weighted by molar-refractivity contribution is 0.219. The lowest BCUT2D eigenvalue weighted by atomic mass is 10.5. The van der Waals surface area contributed by atoms with Crippen LogP contribution in [0.4, 0.5) is 0 Å². The van der Waals surface area contributed by atoms with Gasteiger partial charge >= 0.3 is 6.01 Å². The van der Waals surface area contributed by atoms with Gasteiger partial charge in [0.2, 0.25) is 5.28 Å². The Morgan fingerprint density at radius 2 is 1.80 bits per heavy atom. The molecule has 0 unspecified atom stereocenters. The Kier molecular flexibility index (Phi) is 4.60. The largest absolute Gasteiger partial charge is 0.461 e. The van der Waals surface area contributed by atoms with Crippen molar-refractivity contribution in [2.24, 2.45) is 0 Å². The van der Waals surface area contributed by atoms with Gasteiger partial charge in [0.15, 0.2) is 5.16 Å². The minimum Gasteiger partial charge on any atom is -0.461 e. The highest BCUT2D eigenvalue weighted by Crippen LogP contribution is 2.21. The number of hydrogen-bond acceptors (Lipinski definition) is 5. The van der Waals surface area contributed by atoms with Gasteiger partial charge in [0, 0.05) is 5.25 Å². The first-order valence-corrected chi connectivity index (χ1v) is 5.98. The summed E-state index contributed by atoms with van der Waals surface area (Å²) in [5.41, 5.74) is 0. The molecular weight excluding hydrogens is 234 g/mol. The van der Waals surface area contributed by atoms with E-state index < -0.39 is 0 Å². The lowest BCUT2D eigenvalue weighted by Gasteiger charge is -2.09. The van der Waals surface area contributed by atoms with E-state index in [9.17, 15) is 0 Å². The van der Waals surface area contributed by atoms with Gasteiger partial charge in [-0.3, -0.25) is 0 Å². The summed E-state index contributed by atoms with van der Waals surface area (Å²) in [6.07, 6.45) is 0.0281. The Labute approximate surface area is 98.8 Å². The summed E-state index contributed by atoms with van der Waals surface area (Å²) in [6, 6.07) is 0.285. The topological polar surface area (TPSA) is 47.9 Å². The number of thioether (sulfide) groups is 1. The van der Waals surface area contributed by atoms with Crippen LogP contribution in [0.25, 0.3) is 0 Å². The Hall–Kier alpha value is -0.550. The molecule has 0 aliphatic heterocycles. The van der Waals surface area contributed by atoms with Gasteiger partial charge in [0.1, 0.15) is 0 Å². The van der Waals surface area contributed by atoms with Gasteiger partial charge in [-0.2, -0.15) is 15.0 Å². The van der Waals surface area contributed by atoms with Crippen LogP contribution in [0.15, 0.2) is 5.16 Å². The molecule has 0 aromatic carbocycles. The molecule has 1 rings (SSSR count). The predicted octanol–water partition coefficient (Wildman–Crippen LogP) is 2.81. The molecule has 1 aromatic rings. The third kappa shape index (κ3) is 4.66. The second-order valence-corrected chi connectivity index (χ2v) is 5.38. The molecule has 1 heterocycles. The van der Waals surface area contributed by atoms with Crippen LogP contribution >= 0.6 is 23.4 Å². The molecule has 15 heavy (non-hydrogen) atoms. The molecule has 0 atom stereocenters. The lowest BCUT2D eigenvalue weighted by Crippen LogP contribution is -2.09. The van der Waals surface area contributed by atoms with Crippen LogP contribution in [0.5, 0.6) is 6.01 Å². The minimum atomic E-state index is 0.0281. The zero-order valence-corrected chi connectivity index (χ0v) is 10.8. The van der Waals surface area contributed by atoms with Crippen molar-refractivity contribution in [3.63, 3.8) is 0 Å². The molecule has 0 bridgehead atoms. The zero-order valence-electron chi connectivity index (χ0n) is 9.19. The van der Waals surface area contributed by atoms with Crippen molar-refractivity contribution in [3.8, 4) is 6.01 Å². The van der Waals surface area contributed by atoms with Crippen molar-refractivity contribution >= 4 is 23.4 Å². The summed E-state index contributed by atoms with van der Waals surface area (Å²) in [4.78, 5) is 12.0. The fourth-order valence-corrected chi connectivity index (χ4v) is 1.74. The second-order valence-electron chi connectivity index (χ2n) is 3.50. The average Bonchev–Trinajstić information content (AvgIpc) is 1.98. The van der Waals surface area contributed by atoms with Gasteiger partial charge < -0.3 is 4.74 Å². The van der Waals surface area contributed by atoms with Crippen LogP contribution in [0.1, 0.15) is 27.7 Å². The molecule has 4 nitrogen and oxygen atoms in total. The van der Waals surface area contributed by atoms with Crippen LogP contribution in [0, 0.1) is 0 Å². The van der Waals surface area contributed by atoms with E-state index in [2.05, 4.69) is 28.8 Å². The zero-order chi connectivity index (χ0) is 11.4. The molecule has 84 valence electrons. The van der Waals surface area contributed by atoms with E-state index in [0.717, 1.165) is 0 Å². The highest BCUT2D eigenvalue weighted by molar-refractivity contribution is 7.99. The Balaban J connectivity index is 2.84. The predicted molar refractivity (Wildman–Crippen MR) is 61.6 cm³/mol. The molecule has 0 fully saturated rings. The monoisotopic (exact) mass is 247 g/mol. The molecule has 0 saturated carbocycles. The van der Waals surface area contributed by atoms with Gasteiger partial charge in [0.05, 0.1) is 6.10 Å². The molecule has 0 saturated heterocycles. The summed E-state index contributed by atoms with van der Waals surface area (Å²) < 4.78 is 5.36. The summed E-state index contributed by atoms with van der Waals surface area (Å²) in [5, 5.41) is 1.17. The molecule has 0 radical (unpaired) electrons. The molecule has 6 heteroatoms. The Morgan fingerprint density at radius 3 is 2.33 bits per heavy atom. The van der Waals surface area contributed by atoms with Crippen LogP contribution in [0.2, 0.25) is 5.28 Å². The molecule has 0 spiro atoms. The standard InChI is InChI=1S/C9H14ClN3OS/c1-5(2)14-8-11-7(10)12-9(13-8)15-6(3)4/h5-6H,1-4H3. The summed E-state index contributed by atoms with van der Waals surface area (Å²) >= 11 is 7.29. The van der Waals surface area contributed by atoms with E-state index >= 15 is 0 Å². The first-order valence-electron chi connectivity index (χ1n) is 4.72. The molecule has 0 amide bonds. The van der Waals surface area contributed by atoms with Crippen LogP contribution in [-0.4, -0.2) is 26.3 Å². The maximum atomic E-state index is 5.76. The summed E-state index contributed by atoms with van der Waals surface area (Å²) in [5.74, 6) is 0. The second kappa shape index (κ2) is 5.51. The third-order valence-corrected chi connectivity index (χ3v) is 2.28. The number of hydrogen-bond donors (Lipinski definition) is 0. The smallest absolute Gasteiger partial charge is 0.321 e. The molecule has 0 aliphatic rings. The fraction of sp³-hybridized carbons (Fsp3) is 0.667. The molecular formula is C9H14ClN3OS. The number of ether oxygens (including phenoxy) is 1. The third-order valence-electron chi connectivity index (χ3n) is 1.25. The van der Waals surface area contributed by atoms with E-state index in [1.54, 1.807) is 0 Å². The maximum Gasteiger partial charge on any atom is 0.321 e. The van der Waals surface area contributed by atoms with E-state index in [4.69, 9.17) is 16.3 Å². The highest BCUT2D eigenvalue weighted by Gasteiger charge is 2.09. The molecule has 1 aromatic heterocycles. The quantitative estimate of drug-likeness (QED) is 0.766. The molecule has 0 N–H and O–H groups in total. The number of nitrogens with zero attached hydrogens (tertiary/aromatic N) is 3. The number of aromatic nitrogens is 3. The normalized spacial score (nSPS) is 11.1. The van der Waals surface area contributed by atoms with E-state index in [0.29, 0.717) is 10.4 Å². The van der Waals surface area contributed by atoms with Gasteiger partial charge in [-0.25, -0.2) is 0 Å². The van der Waals surface area contributed by atoms with E-state index in [1.165, 1.54) is 11.8 Å². The van der Waals surface area contributed by atoms with Gasteiger partial charge in [-0.15, -0.1) is 0 Å². The number of rotatable bonds is 4. The number of halogens is 1. The van der Waals surface area contributed by atoms with E-state index in [-0.39, 0.29) is 17.4 Å². The maximum absolute atomic E-state index is 5.76. The van der Waals surface area contributed by atoms with Crippen LogP contribution in [0.3, 0.4) is 0 Å². The van der Waals surface area contributed by atoms with Crippen molar-refractivity contribution in [2.75, 3.05) is 0 Å². The van der Waals surface area contributed by atoms with Gasteiger partial charge in [-0.1, -0.05) is 25.6 Å². The van der Waals surface area contributed by atoms with Gasteiger partial charge in [0.25, 0.3) is 0 Å². The van der Waals surface area contributed by atoms with Crippen molar-refractivity contribution < 1.29 is 4.74 Å². The van der Waals surface area contributed by atoms with Crippen molar-refractivity contribution in [1.82, 2.24) is 15.0 Å². The minimum absolute atomic E-state index is 0.0281. The van der Waals surface area contributed by atoms with Gasteiger partial charge in [-0.05, 0) is 25.4 Å². The molecule has 0 aliphatic carbocycles. The van der Waals surface area contributed by atoms with Crippen LogP contribution < -0.4 is 4.74 Å². The highest BCUT2D eigenvalue weighted by atomic mass is 35.5. The SMILES string of the molecule is CC(C)Oc1nc(Cl)nc(SC(C)C)n1. The van der Waals surface area contributed by atoms with Crippen molar-refractivity contribution in [3.05, 3.63) is 5.28 Å². The first-order chi connectivity index (χ1) is 6.97. The summed E-state index contributed by atoms with van der Waals surface area (Å²) in [6.45, 7) is 7.94. The Bertz CT molecular complexity index is 305. The van der Waals surface area contributed by atoms with E-state index in [1.807, 2.05) is 13.8 Å². The fourth-order valence-electron chi connectivity index (χ4n) is 0.842. The van der Waals surface area contributed by atoms with Crippen molar-refractivity contribution in [2.45, 2.75) is 44.2 Å². The van der Waals surface area contributed by atoms with Crippen LogP contribution in [-0.2, 0) is 0 Å². The van der Waals surface area contributed by atoms with Crippen molar-refractivity contribution in [1.29, 1.82) is 0 Å². The Morgan fingerprint density at radius 1 is 1.13 bits per heavy atom. The summed E-state index contributed by atoms with van der Waals surface area (Å²) in [7, 11) is 0. The first kappa shape index (κ1) is 12.5.